The summed E-state index contributed by atoms with van der Waals surface area (Å²) in [5, 5.41) is 4.71. The van der Waals surface area contributed by atoms with E-state index < -0.39 is 0 Å². The van der Waals surface area contributed by atoms with Crippen molar-refractivity contribution in [1.29, 1.82) is 0 Å². The van der Waals surface area contributed by atoms with Crippen LogP contribution >= 0.6 is 11.3 Å². The minimum Gasteiger partial charge on any atom is -0.308 e. The molecule has 0 saturated carbocycles. The topological polar surface area (TPSA) is 24.9 Å². The Morgan fingerprint density at radius 1 is 1.33 bits per heavy atom. The Kier molecular flexibility index (Phi) is 5.11. The van der Waals surface area contributed by atoms with Crippen molar-refractivity contribution in [2.75, 3.05) is 6.54 Å². The Morgan fingerprint density at radius 3 is 2.33 bits per heavy atom. The predicted octanol–water partition coefficient (Wildman–Crippen LogP) is 4.19. The Bertz CT molecular complexity index is 422. The highest BCUT2D eigenvalue weighted by Crippen LogP contribution is 2.23. The molecule has 1 heterocycles. The van der Waals surface area contributed by atoms with Crippen LogP contribution in [0.4, 0.5) is 0 Å². The highest BCUT2D eigenvalue weighted by atomic mass is 32.1. The molecular weight excluding hydrogens is 240 g/mol. The summed E-state index contributed by atoms with van der Waals surface area (Å²) in [7, 11) is 0. The first-order valence-corrected chi connectivity index (χ1v) is 7.40. The van der Waals surface area contributed by atoms with Crippen molar-refractivity contribution in [1.82, 2.24) is 10.3 Å². The molecule has 1 aromatic heterocycles. The third kappa shape index (κ3) is 4.91. The normalized spacial score (nSPS) is 13.4. The lowest BCUT2D eigenvalue weighted by Gasteiger charge is -2.23. The number of hydrogen-bond donors (Lipinski definition) is 1. The number of aromatic nitrogens is 1. The van der Waals surface area contributed by atoms with E-state index in [4.69, 9.17) is 0 Å². The van der Waals surface area contributed by atoms with Crippen molar-refractivity contribution in [3.8, 4) is 0 Å². The van der Waals surface area contributed by atoms with E-state index in [0.717, 1.165) is 17.2 Å². The molecule has 0 saturated heterocycles. The maximum Gasteiger partial charge on any atom is 0.0903 e. The first kappa shape index (κ1) is 15.4. The second kappa shape index (κ2) is 5.98. The van der Waals surface area contributed by atoms with Gasteiger partial charge in [0.25, 0.3) is 0 Å². The number of nitrogens with zero attached hydrogens (tertiary/aromatic N) is 1. The van der Waals surface area contributed by atoms with Crippen molar-refractivity contribution in [3.63, 3.8) is 0 Å². The molecular formula is C15H26N2S. The van der Waals surface area contributed by atoms with Gasteiger partial charge < -0.3 is 5.32 Å². The first-order valence-electron chi connectivity index (χ1n) is 6.58. The Labute approximate surface area is 116 Å². The summed E-state index contributed by atoms with van der Waals surface area (Å²) in [6.45, 7) is 16.2. The molecule has 0 aliphatic carbocycles. The molecule has 0 radical (unpaired) electrons. The van der Waals surface area contributed by atoms with Crippen molar-refractivity contribution in [3.05, 3.63) is 21.2 Å². The van der Waals surface area contributed by atoms with Crippen molar-refractivity contribution in [2.45, 2.75) is 54.0 Å². The summed E-state index contributed by atoms with van der Waals surface area (Å²) < 4.78 is 0. The lowest BCUT2D eigenvalue weighted by atomic mass is 10.0. The van der Waals surface area contributed by atoms with Gasteiger partial charge in [0.1, 0.15) is 0 Å². The van der Waals surface area contributed by atoms with Crippen LogP contribution in [0.1, 0.15) is 50.2 Å². The molecule has 0 atom stereocenters. The van der Waals surface area contributed by atoms with E-state index in [9.17, 15) is 0 Å². The summed E-state index contributed by atoms with van der Waals surface area (Å²) in [4.78, 5) is 5.78. The van der Waals surface area contributed by atoms with E-state index in [0.29, 0.717) is 5.92 Å². The number of hydrogen-bond acceptors (Lipinski definition) is 3. The Balaban J connectivity index is 2.88. The fourth-order valence-electron chi connectivity index (χ4n) is 1.64. The molecule has 1 rings (SSSR count). The summed E-state index contributed by atoms with van der Waals surface area (Å²) in [6, 6.07) is 0. The van der Waals surface area contributed by atoms with Gasteiger partial charge in [0.15, 0.2) is 0 Å². The quantitative estimate of drug-likeness (QED) is 0.884. The molecule has 0 aromatic carbocycles. The van der Waals surface area contributed by atoms with Crippen LogP contribution in [0, 0.1) is 19.8 Å². The number of rotatable bonds is 4. The van der Waals surface area contributed by atoms with Crippen molar-refractivity contribution < 1.29 is 0 Å². The molecule has 18 heavy (non-hydrogen) atoms. The van der Waals surface area contributed by atoms with Crippen molar-refractivity contribution >= 4 is 17.4 Å². The van der Waals surface area contributed by atoms with Gasteiger partial charge in [-0.05, 0) is 46.6 Å². The second-order valence-corrected chi connectivity index (χ2v) is 7.39. The Morgan fingerprint density at radius 2 is 1.94 bits per heavy atom. The second-order valence-electron chi connectivity index (χ2n) is 6.16. The third-order valence-corrected chi connectivity index (χ3v) is 3.84. The maximum absolute atomic E-state index is 4.49. The van der Waals surface area contributed by atoms with Gasteiger partial charge in [-0.15, -0.1) is 11.3 Å². The largest absolute Gasteiger partial charge is 0.308 e. The molecule has 3 heteroatoms. The summed E-state index contributed by atoms with van der Waals surface area (Å²) >= 11 is 1.78. The maximum atomic E-state index is 4.49. The number of aryl methyl sites for hydroxylation is 2. The average Bonchev–Trinajstić information content (AvgIpc) is 2.50. The van der Waals surface area contributed by atoms with Crippen LogP contribution in [0.15, 0.2) is 5.57 Å². The molecule has 0 bridgehead atoms. The SMILES string of the molecule is Cc1nc(C)c(C=C(CNC(C)(C)C)C(C)C)s1. The van der Waals surface area contributed by atoms with Crippen LogP contribution in [0.25, 0.3) is 6.08 Å². The summed E-state index contributed by atoms with van der Waals surface area (Å²) in [5.74, 6) is 0.557. The van der Waals surface area contributed by atoms with E-state index in [1.54, 1.807) is 11.3 Å². The van der Waals surface area contributed by atoms with Gasteiger partial charge in [-0.1, -0.05) is 19.4 Å². The molecule has 1 aromatic rings. The highest BCUT2D eigenvalue weighted by Gasteiger charge is 2.12. The first-order chi connectivity index (χ1) is 8.19. The van der Waals surface area contributed by atoms with E-state index in [2.05, 4.69) is 64.8 Å². The lowest BCUT2D eigenvalue weighted by Crippen LogP contribution is -2.37. The van der Waals surface area contributed by atoms with Gasteiger partial charge in [0.05, 0.1) is 15.6 Å². The van der Waals surface area contributed by atoms with Gasteiger partial charge in [-0.2, -0.15) is 0 Å². The van der Waals surface area contributed by atoms with Gasteiger partial charge in [0, 0.05) is 12.1 Å². The van der Waals surface area contributed by atoms with Crippen LogP contribution in [-0.2, 0) is 0 Å². The van der Waals surface area contributed by atoms with Gasteiger partial charge >= 0.3 is 0 Å². The molecule has 102 valence electrons. The van der Waals surface area contributed by atoms with Crippen LogP contribution in [0.2, 0.25) is 0 Å². The summed E-state index contributed by atoms with van der Waals surface area (Å²) in [5.41, 5.74) is 2.75. The zero-order valence-electron chi connectivity index (χ0n) is 12.7. The molecule has 0 amide bonds. The Hall–Kier alpha value is -0.670. The average molecular weight is 266 g/mol. The monoisotopic (exact) mass is 266 g/mol. The van der Waals surface area contributed by atoms with Crippen molar-refractivity contribution in [2.24, 2.45) is 5.92 Å². The zero-order chi connectivity index (χ0) is 13.9. The predicted molar refractivity (Wildman–Crippen MR) is 82.2 cm³/mol. The van der Waals surface area contributed by atoms with Crippen LogP contribution in [0.3, 0.4) is 0 Å². The van der Waals surface area contributed by atoms with Crippen LogP contribution in [-0.4, -0.2) is 17.1 Å². The molecule has 0 fully saturated rings. The minimum atomic E-state index is 0.159. The zero-order valence-corrected chi connectivity index (χ0v) is 13.5. The minimum absolute atomic E-state index is 0.159. The molecule has 2 nitrogen and oxygen atoms in total. The standard InChI is InChI=1S/C15H26N2S/c1-10(2)13(9-16-15(5,6)7)8-14-11(3)17-12(4)18-14/h8,10,16H,9H2,1-7H3. The molecule has 0 aliphatic heterocycles. The van der Waals surface area contributed by atoms with Crippen LogP contribution < -0.4 is 5.32 Å². The van der Waals surface area contributed by atoms with E-state index in [1.165, 1.54) is 10.5 Å². The van der Waals surface area contributed by atoms with Crippen LogP contribution in [0.5, 0.6) is 0 Å². The number of nitrogens with one attached hydrogen (secondary N) is 1. The number of thiazole rings is 1. The third-order valence-electron chi connectivity index (χ3n) is 2.82. The smallest absolute Gasteiger partial charge is 0.0903 e. The fourth-order valence-corrected chi connectivity index (χ4v) is 2.54. The van der Waals surface area contributed by atoms with Gasteiger partial charge in [-0.3, -0.25) is 0 Å². The van der Waals surface area contributed by atoms with Gasteiger partial charge in [-0.25, -0.2) is 4.98 Å². The van der Waals surface area contributed by atoms with E-state index in [-0.39, 0.29) is 5.54 Å². The van der Waals surface area contributed by atoms with E-state index in [1.807, 2.05) is 0 Å². The summed E-state index contributed by atoms with van der Waals surface area (Å²) in [6.07, 6.45) is 2.31. The fraction of sp³-hybridized carbons (Fsp3) is 0.667. The lowest BCUT2D eigenvalue weighted by molar-refractivity contribution is 0.437. The molecule has 0 unspecified atom stereocenters. The molecule has 1 N–H and O–H groups in total. The van der Waals surface area contributed by atoms with Gasteiger partial charge in [0.2, 0.25) is 0 Å². The molecule has 0 spiro atoms. The molecule has 0 aliphatic rings. The van der Waals surface area contributed by atoms with E-state index >= 15 is 0 Å². The highest BCUT2D eigenvalue weighted by molar-refractivity contribution is 7.12.